The van der Waals surface area contributed by atoms with Gasteiger partial charge in [-0.3, -0.25) is 19.1 Å². The molecule has 2 bridgehead atoms. The highest BCUT2D eigenvalue weighted by molar-refractivity contribution is 7.80. The summed E-state index contributed by atoms with van der Waals surface area (Å²) >= 11 is 0. The monoisotopic (exact) mass is 433 g/mol. The second-order valence-electron chi connectivity index (χ2n) is 8.03. The quantitative estimate of drug-likeness (QED) is 0.336. The van der Waals surface area contributed by atoms with Crippen LogP contribution in [0.2, 0.25) is 0 Å². The van der Waals surface area contributed by atoms with Crippen LogP contribution in [0.15, 0.2) is 0 Å². The van der Waals surface area contributed by atoms with E-state index < -0.39 is 34.4 Å². The number of nitrogens with zero attached hydrogens (tertiary/aromatic N) is 3. The second kappa shape index (κ2) is 8.32. The van der Waals surface area contributed by atoms with Crippen LogP contribution in [0.3, 0.4) is 0 Å². The van der Waals surface area contributed by atoms with Crippen LogP contribution in [0.1, 0.15) is 32.1 Å². The molecule has 3 N–H and O–H groups in total. The highest BCUT2D eigenvalue weighted by Crippen LogP contribution is 2.30. The van der Waals surface area contributed by atoms with Gasteiger partial charge in [-0.2, -0.15) is 13.5 Å². The lowest BCUT2D eigenvalue weighted by molar-refractivity contribution is -0.139. The molecule has 0 aromatic carbocycles. The standard InChI is InChI=1S/C16H27N5O7S/c22-15(18-27-10-11-7-13(8-17-11)19-5-1-2-6-19)14-4-3-12-9-20(14)16(23)21(12)28-29(24,25)26/h11-14,17H,1-10H2,(H,18,22)(H,24,25,26)/t11-,12-,13+,14+/m1/s1. The number of piperidine rings is 1. The molecule has 0 aromatic rings. The third kappa shape index (κ3) is 4.64. The summed E-state index contributed by atoms with van der Waals surface area (Å²) in [6.45, 7) is 3.67. The Morgan fingerprint density at radius 2 is 2.00 bits per heavy atom. The molecule has 29 heavy (non-hydrogen) atoms. The zero-order chi connectivity index (χ0) is 20.6. The number of likely N-dealkylation sites (tertiary alicyclic amines) is 1. The SMILES string of the molecule is O=C(NOC[C@H]1C[C@H](N2CCCC2)CN1)[C@@H]1CC[C@@H]2CN1C(=O)N2OS(=O)(=O)O. The maximum Gasteiger partial charge on any atom is 0.418 e. The molecule has 4 aliphatic heterocycles. The minimum absolute atomic E-state index is 0.147. The lowest BCUT2D eigenvalue weighted by Gasteiger charge is -2.29. The fourth-order valence-electron chi connectivity index (χ4n) is 4.70. The van der Waals surface area contributed by atoms with Crippen LogP contribution in [-0.2, 0) is 24.3 Å². The van der Waals surface area contributed by atoms with E-state index in [2.05, 4.69) is 20.0 Å². The van der Waals surface area contributed by atoms with Crippen molar-refractivity contribution in [2.75, 3.05) is 32.8 Å². The minimum Gasteiger partial charge on any atom is -0.310 e. The van der Waals surface area contributed by atoms with Crippen LogP contribution in [-0.4, -0.2) is 96.7 Å². The Balaban J connectivity index is 1.23. The van der Waals surface area contributed by atoms with E-state index in [1.807, 2.05) is 0 Å². The largest absolute Gasteiger partial charge is 0.418 e. The molecule has 4 fully saturated rings. The van der Waals surface area contributed by atoms with Crippen molar-refractivity contribution in [1.29, 1.82) is 0 Å². The van der Waals surface area contributed by atoms with Crippen molar-refractivity contribution in [3.05, 3.63) is 0 Å². The molecule has 3 amide bonds. The molecule has 0 unspecified atom stereocenters. The van der Waals surface area contributed by atoms with Crippen molar-refractivity contribution in [3.8, 4) is 0 Å². The van der Waals surface area contributed by atoms with Gasteiger partial charge in [-0.25, -0.2) is 10.3 Å². The topological polar surface area (TPSA) is 141 Å². The Morgan fingerprint density at radius 3 is 2.72 bits per heavy atom. The van der Waals surface area contributed by atoms with E-state index in [1.165, 1.54) is 17.7 Å². The minimum atomic E-state index is -4.81. The first-order chi connectivity index (χ1) is 13.8. The van der Waals surface area contributed by atoms with E-state index >= 15 is 0 Å². The predicted molar refractivity (Wildman–Crippen MR) is 98.5 cm³/mol. The molecule has 0 aliphatic carbocycles. The Bertz CT molecular complexity index is 744. The van der Waals surface area contributed by atoms with Gasteiger partial charge in [0.25, 0.3) is 5.91 Å². The first-order valence-corrected chi connectivity index (χ1v) is 11.3. The van der Waals surface area contributed by atoms with E-state index in [-0.39, 0.29) is 12.6 Å². The number of amides is 3. The van der Waals surface area contributed by atoms with Gasteiger partial charge >= 0.3 is 16.4 Å². The zero-order valence-corrected chi connectivity index (χ0v) is 16.8. The number of fused-ring (bicyclic) bond motifs is 2. The summed E-state index contributed by atoms with van der Waals surface area (Å²) < 4.78 is 35.0. The van der Waals surface area contributed by atoms with Crippen molar-refractivity contribution in [2.24, 2.45) is 0 Å². The molecule has 4 atom stereocenters. The molecule has 0 spiro atoms. The molecule has 4 rings (SSSR count). The van der Waals surface area contributed by atoms with Crippen molar-refractivity contribution in [1.82, 2.24) is 25.7 Å². The third-order valence-electron chi connectivity index (χ3n) is 6.11. The molecule has 4 saturated heterocycles. The number of hydrogen-bond donors (Lipinski definition) is 3. The third-order valence-corrected chi connectivity index (χ3v) is 6.46. The van der Waals surface area contributed by atoms with E-state index in [9.17, 15) is 18.0 Å². The van der Waals surface area contributed by atoms with Crippen LogP contribution in [0.25, 0.3) is 0 Å². The van der Waals surface area contributed by atoms with Gasteiger partial charge in [0.1, 0.15) is 6.04 Å². The lowest BCUT2D eigenvalue weighted by Crippen LogP contribution is -2.50. The average molecular weight is 433 g/mol. The number of hydroxylamine groups is 3. The summed E-state index contributed by atoms with van der Waals surface area (Å²) in [5.41, 5.74) is 2.42. The molecule has 0 saturated carbocycles. The number of hydrogen-bond acceptors (Lipinski definition) is 8. The highest BCUT2D eigenvalue weighted by atomic mass is 32.3. The Morgan fingerprint density at radius 1 is 1.24 bits per heavy atom. The molecule has 13 heteroatoms. The number of rotatable bonds is 7. The van der Waals surface area contributed by atoms with E-state index in [1.54, 1.807) is 0 Å². The van der Waals surface area contributed by atoms with Crippen molar-refractivity contribution in [3.63, 3.8) is 0 Å². The average Bonchev–Trinajstić information content (AvgIpc) is 3.39. The zero-order valence-electron chi connectivity index (χ0n) is 16.0. The predicted octanol–water partition coefficient (Wildman–Crippen LogP) is -1.14. The maximum absolute atomic E-state index is 12.5. The van der Waals surface area contributed by atoms with Gasteiger partial charge in [0.05, 0.1) is 12.6 Å². The van der Waals surface area contributed by atoms with Crippen molar-refractivity contribution >= 4 is 22.3 Å². The number of carbonyl (C=O) groups excluding carboxylic acids is 2. The van der Waals surface area contributed by atoms with Crippen LogP contribution < -0.4 is 10.8 Å². The van der Waals surface area contributed by atoms with Gasteiger partial charge in [0.15, 0.2) is 0 Å². The summed E-state index contributed by atoms with van der Waals surface area (Å²) in [5, 5.41) is 4.03. The first kappa shape index (κ1) is 20.8. The van der Waals surface area contributed by atoms with Gasteiger partial charge < -0.3 is 10.2 Å². The molecule has 164 valence electrons. The fourth-order valence-corrected chi connectivity index (χ4v) is 5.08. The summed E-state index contributed by atoms with van der Waals surface area (Å²) in [4.78, 5) is 33.9. The molecule has 4 heterocycles. The molecule has 12 nitrogen and oxygen atoms in total. The van der Waals surface area contributed by atoms with Crippen LogP contribution in [0.5, 0.6) is 0 Å². The van der Waals surface area contributed by atoms with E-state index in [0.717, 1.165) is 26.1 Å². The van der Waals surface area contributed by atoms with Gasteiger partial charge in [0.2, 0.25) is 0 Å². The van der Waals surface area contributed by atoms with Gasteiger partial charge in [-0.1, -0.05) is 0 Å². The summed E-state index contributed by atoms with van der Waals surface area (Å²) in [7, 11) is -4.81. The number of nitrogens with one attached hydrogen (secondary N) is 2. The van der Waals surface area contributed by atoms with Crippen LogP contribution in [0.4, 0.5) is 4.79 Å². The lowest BCUT2D eigenvalue weighted by atomic mass is 10.0. The van der Waals surface area contributed by atoms with Gasteiger partial charge in [0, 0.05) is 25.2 Å². The van der Waals surface area contributed by atoms with E-state index in [4.69, 9.17) is 9.39 Å². The molecule has 0 radical (unpaired) electrons. The van der Waals surface area contributed by atoms with Crippen molar-refractivity contribution < 1.29 is 31.7 Å². The molecule has 4 aliphatic rings. The summed E-state index contributed by atoms with van der Waals surface area (Å²) in [6, 6.07) is -1.41. The Hall–Kier alpha value is -1.51. The maximum atomic E-state index is 12.5. The Kier molecular flexibility index (Phi) is 5.95. The van der Waals surface area contributed by atoms with E-state index in [0.29, 0.717) is 30.6 Å². The van der Waals surface area contributed by atoms with Gasteiger partial charge in [-0.15, -0.1) is 4.28 Å². The van der Waals surface area contributed by atoms with Crippen LogP contribution in [0, 0.1) is 0 Å². The van der Waals surface area contributed by atoms with Crippen molar-refractivity contribution in [2.45, 2.75) is 56.3 Å². The molecular weight excluding hydrogens is 406 g/mol. The molecule has 0 aromatic heterocycles. The number of carbonyl (C=O) groups is 2. The highest BCUT2D eigenvalue weighted by Gasteiger charge is 2.49. The Labute approximate surface area is 169 Å². The smallest absolute Gasteiger partial charge is 0.310 e. The van der Waals surface area contributed by atoms with Crippen LogP contribution >= 0.6 is 0 Å². The number of urea groups is 1. The normalized spacial score (nSPS) is 32.9. The summed E-state index contributed by atoms with van der Waals surface area (Å²) in [6.07, 6.45) is 4.18. The second-order valence-corrected chi connectivity index (χ2v) is 9.03. The van der Waals surface area contributed by atoms with Gasteiger partial charge in [-0.05, 0) is 45.2 Å². The molecular formula is C16H27N5O7S. The fraction of sp³-hybridized carbons (Fsp3) is 0.875. The summed E-state index contributed by atoms with van der Waals surface area (Å²) in [5.74, 6) is -0.459. The first-order valence-electron chi connectivity index (χ1n) is 9.98.